The van der Waals surface area contributed by atoms with E-state index in [0.717, 1.165) is 21.8 Å². The normalized spacial score (nSPS) is 19.4. The van der Waals surface area contributed by atoms with Gasteiger partial charge in [-0.25, -0.2) is 8.42 Å². The third-order valence-electron chi connectivity index (χ3n) is 6.41. The van der Waals surface area contributed by atoms with E-state index in [1.165, 1.54) is 11.2 Å². The van der Waals surface area contributed by atoms with Crippen LogP contribution in [-0.4, -0.2) is 49.9 Å². The van der Waals surface area contributed by atoms with Crippen molar-refractivity contribution in [1.82, 2.24) is 4.31 Å². The zero-order chi connectivity index (χ0) is 23.8. The fourth-order valence-corrected chi connectivity index (χ4v) is 6.68. The van der Waals surface area contributed by atoms with Gasteiger partial charge in [0.05, 0.1) is 4.90 Å². The molecular formula is C24H29N3O4S2. The minimum absolute atomic E-state index is 0.0151. The van der Waals surface area contributed by atoms with Gasteiger partial charge < -0.3 is 10.2 Å². The fourth-order valence-electron chi connectivity index (χ4n) is 4.70. The van der Waals surface area contributed by atoms with E-state index in [2.05, 4.69) is 5.32 Å². The van der Waals surface area contributed by atoms with Crippen LogP contribution in [0.4, 0.5) is 11.4 Å². The molecule has 1 fully saturated rings. The highest BCUT2D eigenvalue weighted by atomic mass is 32.2. The number of hydrogen-bond acceptors (Lipinski definition) is 5. The summed E-state index contributed by atoms with van der Waals surface area (Å²) in [6.45, 7) is 4.09. The predicted molar refractivity (Wildman–Crippen MR) is 131 cm³/mol. The standard InChI is InChI=1S/C24H29N3O4S2/c1-16-13-19-14-22(7-8-23(19)27(16)17(2)28)33(30,31)26-11-9-18(10-12-26)24(29)25-20-5-4-6-21(15-20)32-3/h4-8,14-16,18H,9-13H2,1-3H3,(H,25,29)/t16-/m0/s1. The lowest BCUT2D eigenvalue weighted by atomic mass is 9.97. The van der Waals surface area contributed by atoms with E-state index in [1.54, 1.807) is 34.9 Å². The molecule has 0 aliphatic carbocycles. The second kappa shape index (κ2) is 9.48. The molecule has 1 N–H and O–H groups in total. The third kappa shape index (κ3) is 4.81. The number of carbonyl (C=O) groups excluding carboxylic acids is 2. The number of fused-ring (bicyclic) bond motifs is 1. The van der Waals surface area contributed by atoms with Crippen molar-refractivity contribution >= 4 is 45.0 Å². The summed E-state index contributed by atoms with van der Waals surface area (Å²) in [5, 5.41) is 2.96. The molecule has 1 saturated heterocycles. The molecule has 1 atom stereocenters. The van der Waals surface area contributed by atoms with Crippen LogP contribution in [0.2, 0.25) is 0 Å². The van der Waals surface area contributed by atoms with Crippen LogP contribution in [-0.2, 0) is 26.0 Å². The van der Waals surface area contributed by atoms with Gasteiger partial charge in [-0.2, -0.15) is 4.31 Å². The first-order valence-electron chi connectivity index (χ1n) is 11.1. The number of anilines is 2. The maximum atomic E-state index is 13.3. The van der Waals surface area contributed by atoms with Crippen molar-refractivity contribution in [1.29, 1.82) is 0 Å². The van der Waals surface area contributed by atoms with Crippen molar-refractivity contribution in [2.75, 3.05) is 29.6 Å². The van der Waals surface area contributed by atoms with Crippen LogP contribution < -0.4 is 10.2 Å². The number of amides is 2. The van der Waals surface area contributed by atoms with E-state index >= 15 is 0 Å². The Balaban J connectivity index is 1.42. The molecule has 4 rings (SSSR count). The summed E-state index contributed by atoms with van der Waals surface area (Å²) in [7, 11) is -3.66. The molecule has 7 nitrogen and oxygen atoms in total. The number of benzene rings is 2. The van der Waals surface area contributed by atoms with Gasteiger partial charge in [-0.05, 0) is 74.4 Å². The highest BCUT2D eigenvalue weighted by Gasteiger charge is 2.34. The van der Waals surface area contributed by atoms with Crippen LogP contribution in [0.1, 0.15) is 32.3 Å². The summed E-state index contributed by atoms with van der Waals surface area (Å²) in [6, 6.07) is 12.7. The van der Waals surface area contributed by atoms with Crippen molar-refractivity contribution in [3.05, 3.63) is 48.0 Å². The summed E-state index contributed by atoms with van der Waals surface area (Å²) in [6.07, 6.45) is 3.58. The first kappa shape index (κ1) is 23.8. The zero-order valence-corrected chi connectivity index (χ0v) is 20.7. The number of hydrogen-bond donors (Lipinski definition) is 1. The molecule has 33 heavy (non-hydrogen) atoms. The Hall–Kier alpha value is -2.36. The lowest BCUT2D eigenvalue weighted by molar-refractivity contribution is -0.121. The predicted octanol–water partition coefficient (Wildman–Crippen LogP) is 3.75. The molecule has 2 aromatic carbocycles. The van der Waals surface area contributed by atoms with E-state index in [9.17, 15) is 18.0 Å². The Labute approximate surface area is 199 Å². The van der Waals surface area contributed by atoms with Crippen molar-refractivity contribution in [3.63, 3.8) is 0 Å². The summed E-state index contributed by atoms with van der Waals surface area (Å²) < 4.78 is 28.0. The second-order valence-corrected chi connectivity index (χ2v) is 11.4. The second-order valence-electron chi connectivity index (χ2n) is 8.63. The number of nitrogens with one attached hydrogen (secondary N) is 1. The van der Waals surface area contributed by atoms with Crippen molar-refractivity contribution in [3.8, 4) is 0 Å². The first-order chi connectivity index (χ1) is 15.7. The molecule has 9 heteroatoms. The minimum atomic E-state index is -3.66. The van der Waals surface area contributed by atoms with Crippen LogP contribution in [0.15, 0.2) is 52.3 Å². The van der Waals surface area contributed by atoms with Crippen LogP contribution in [0.5, 0.6) is 0 Å². The first-order valence-corrected chi connectivity index (χ1v) is 13.7. The molecule has 2 heterocycles. The van der Waals surface area contributed by atoms with Crippen LogP contribution in [0, 0.1) is 5.92 Å². The van der Waals surface area contributed by atoms with E-state index in [0.29, 0.717) is 32.4 Å². The van der Waals surface area contributed by atoms with E-state index in [4.69, 9.17) is 0 Å². The van der Waals surface area contributed by atoms with Crippen LogP contribution in [0.3, 0.4) is 0 Å². The van der Waals surface area contributed by atoms with E-state index in [1.807, 2.05) is 37.4 Å². The van der Waals surface area contributed by atoms with E-state index in [-0.39, 0.29) is 28.7 Å². The fraction of sp³-hybridized carbons (Fsp3) is 0.417. The van der Waals surface area contributed by atoms with Crippen LogP contribution in [0.25, 0.3) is 0 Å². The Bertz CT molecular complexity index is 1170. The Morgan fingerprint density at radius 1 is 1.09 bits per heavy atom. The largest absolute Gasteiger partial charge is 0.326 e. The van der Waals surface area contributed by atoms with Crippen molar-refractivity contribution in [2.24, 2.45) is 5.92 Å². The summed E-state index contributed by atoms with van der Waals surface area (Å²) >= 11 is 1.61. The molecule has 2 amide bonds. The van der Waals surface area contributed by atoms with Gasteiger partial charge in [0.1, 0.15) is 0 Å². The number of rotatable bonds is 5. The van der Waals surface area contributed by atoms with Crippen LogP contribution >= 0.6 is 11.8 Å². The lowest BCUT2D eigenvalue weighted by Crippen LogP contribution is -2.41. The molecule has 0 aromatic heterocycles. The van der Waals surface area contributed by atoms with Gasteiger partial charge in [0.15, 0.2) is 0 Å². The Morgan fingerprint density at radius 3 is 2.48 bits per heavy atom. The minimum Gasteiger partial charge on any atom is -0.326 e. The quantitative estimate of drug-likeness (QED) is 0.649. The SMILES string of the molecule is CSc1cccc(NC(=O)C2CCN(S(=O)(=O)c3ccc4c(c3)C[C@H](C)N4C(C)=O)CC2)c1. The summed E-state index contributed by atoms with van der Waals surface area (Å²) in [5.41, 5.74) is 2.42. The van der Waals surface area contributed by atoms with Crippen molar-refractivity contribution in [2.45, 2.75) is 48.9 Å². The van der Waals surface area contributed by atoms with Gasteiger partial charge in [0, 0.05) is 48.2 Å². The molecule has 0 radical (unpaired) electrons. The zero-order valence-electron chi connectivity index (χ0n) is 19.1. The molecular weight excluding hydrogens is 458 g/mol. The summed E-state index contributed by atoms with van der Waals surface area (Å²) in [4.78, 5) is 27.7. The van der Waals surface area contributed by atoms with Gasteiger partial charge in [-0.15, -0.1) is 11.8 Å². The van der Waals surface area contributed by atoms with Gasteiger partial charge >= 0.3 is 0 Å². The van der Waals surface area contributed by atoms with E-state index < -0.39 is 10.0 Å². The number of sulfonamides is 1. The molecule has 0 spiro atoms. The van der Waals surface area contributed by atoms with Gasteiger partial charge in [0.25, 0.3) is 0 Å². The number of piperidine rings is 1. The molecule has 176 valence electrons. The highest BCUT2D eigenvalue weighted by molar-refractivity contribution is 7.98. The topological polar surface area (TPSA) is 86.8 Å². The monoisotopic (exact) mass is 487 g/mol. The van der Waals surface area contributed by atoms with Crippen molar-refractivity contribution < 1.29 is 18.0 Å². The summed E-state index contributed by atoms with van der Waals surface area (Å²) in [5.74, 6) is -0.335. The Kier molecular flexibility index (Phi) is 6.83. The van der Waals surface area contributed by atoms with Gasteiger partial charge in [-0.1, -0.05) is 6.07 Å². The van der Waals surface area contributed by atoms with Gasteiger partial charge in [-0.3, -0.25) is 9.59 Å². The number of thioether (sulfide) groups is 1. The maximum Gasteiger partial charge on any atom is 0.243 e. The lowest BCUT2D eigenvalue weighted by Gasteiger charge is -2.30. The highest BCUT2D eigenvalue weighted by Crippen LogP contribution is 2.35. The number of carbonyl (C=O) groups is 2. The average Bonchev–Trinajstić information content (AvgIpc) is 3.14. The smallest absolute Gasteiger partial charge is 0.243 e. The molecule has 0 bridgehead atoms. The molecule has 0 saturated carbocycles. The maximum absolute atomic E-state index is 13.3. The Morgan fingerprint density at radius 2 is 1.82 bits per heavy atom. The molecule has 2 aromatic rings. The molecule has 2 aliphatic rings. The van der Waals surface area contributed by atoms with Gasteiger partial charge in [0.2, 0.25) is 21.8 Å². The third-order valence-corrected chi connectivity index (χ3v) is 9.03. The molecule has 2 aliphatic heterocycles. The number of nitrogens with zero attached hydrogens (tertiary/aromatic N) is 2. The molecule has 0 unspecified atom stereocenters. The average molecular weight is 488 g/mol.